The van der Waals surface area contributed by atoms with Gasteiger partial charge in [0.15, 0.2) is 0 Å². The average molecular weight is 292 g/mol. The quantitative estimate of drug-likeness (QED) is 0.917. The zero-order valence-electron chi connectivity index (χ0n) is 11.5. The van der Waals surface area contributed by atoms with Crippen molar-refractivity contribution in [1.29, 1.82) is 0 Å². The molecule has 112 valence electrons. The second-order valence-electron chi connectivity index (χ2n) is 5.22. The van der Waals surface area contributed by atoms with E-state index in [4.69, 9.17) is 9.57 Å². The minimum absolute atomic E-state index is 0.104. The molecule has 5 nitrogen and oxygen atoms in total. The molecule has 2 heterocycles. The molecule has 1 aromatic rings. The van der Waals surface area contributed by atoms with Crippen molar-refractivity contribution in [1.82, 2.24) is 5.32 Å². The highest BCUT2D eigenvalue weighted by Crippen LogP contribution is 2.17. The molecule has 2 atom stereocenters. The number of hydrogen-bond donors (Lipinski definition) is 1. The van der Waals surface area contributed by atoms with Gasteiger partial charge in [0.05, 0.1) is 11.8 Å². The molecule has 2 aliphatic heterocycles. The van der Waals surface area contributed by atoms with Gasteiger partial charge in [-0.05, 0) is 30.5 Å². The molecule has 0 radical (unpaired) electrons. The molecule has 1 aromatic carbocycles. The van der Waals surface area contributed by atoms with Crippen LogP contribution in [0, 0.1) is 5.82 Å². The Bertz CT molecular complexity index is 538. The molecule has 3 rings (SSSR count). The Balaban J connectivity index is 1.50. The maximum Gasteiger partial charge on any atom is 0.264 e. The Hall–Kier alpha value is -1.95. The number of halogens is 1. The molecule has 1 amide bonds. The summed E-state index contributed by atoms with van der Waals surface area (Å²) in [6.07, 6.45) is 1.89. The Morgan fingerprint density at radius 1 is 1.38 bits per heavy atom. The van der Waals surface area contributed by atoms with Gasteiger partial charge in [-0.1, -0.05) is 17.3 Å². The van der Waals surface area contributed by atoms with Gasteiger partial charge >= 0.3 is 0 Å². The zero-order valence-corrected chi connectivity index (χ0v) is 11.5. The lowest BCUT2D eigenvalue weighted by Gasteiger charge is -2.13. The summed E-state index contributed by atoms with van der Waals surface area (Å²) in [6, 6.07) is 5.99. The molecule has 0 bridgehead atoms. The van der Waals surface area contributed by atoms with E-state index in [0.717, 1.165) is 25.0 Å². The summed E-state index contributed by atoms with van der Waals surface area (Å²) in [4.78, 5) is 17.2. The van der Waals surface area contributed by atoms with Crippen molar-refractivity contribution in [2.45, 2.75) is 31.5 Å². The topological polar surface area (TPSA) is 59.9 Å². The van der Waals surface area contributed by atoms with Gasteiger partial charge in [0, 0.05) is 19.6 Å². The molecular formula is C15H17FN2O3. The minimum Gasteiger partial charge on any atom is -0.382 e. The first-order valence-electron chi connectivity index (χ1n) is 7.10. The van der Waals surface area contributed by atoms with Crippen molar-refractivity contribution in [2.75, 3.05) is 13.2 Å². The predicted octanol–water partition coefficient (Wildman–Crippen LogP) is 1.61. The van der Waals surface area contributed by atoms with Crippen LogP contribution < -0.4 is 5.32 Å². The molecule has 1 fully saturated rings. The van der Waals surface area contributed by atoms with Crippen LogP contribution in [-0.4, -0.2) is 37.0 Å². The van der Waals surface area contributed by atoms with Gasteiger partial charge in [0.25, 0.3) is 5.91 Å². The number of amides is 1. The van der Waals surface area contributed by atoms with Crippen molar-refractivity contribution in [3.8, 4) is 0 Å². The van der Waals surface area contributed by atoms with Gasteiger partial charge in [0.2, 0.25) is 6.10 Å². The standard InChI is InChI=1S/C15H17FN2O3/c16-11-5-3-10(4-6-11)13-8-14(21-18-13)15(19)17-9-12-2-1-7-20-12/h3-6,12,14H,1-2,7-9H2,(H,17,19)/t12-,14-/m0/s1. The number of nitrogens with zero attached hydrogens (tertiary/aromatic N) is 1. The van der Waals surface area contributed by atoms with E-state index in [-0.39, 0.29) is 17.8 Å². The van der Waals surface area contributed by atoms with Gasteiger partial charge in [0.1, 0.15) is 5.82 Å². The van der Waals surface area contributed by atoms with E-state index < -0.39 is 6.10 Å². The number of oxime groups is 1. The monoisotopic (exact) mass is 292 g/mol. The normalized spacial score (nSPS) is 24.5. The van der Waals surface area contributed by atoms with E-state index >= 15 is 0 Å². The average Bonchev–Trinajstić information content (AvgIpc) is 3.17. The van der Waals surface area contributed by atoms with Crippen LogP contribution in [0.1, 0.15) is 24.8 Å². The molecule has 0 saturated carbocycles. The Kier molecular flexibility index (Phi) is 4.15. The Labute approximate surface area is 122 Å². The van der Waals surface area contributed by atoms with Crippen LogP contribution in [0.2, 0.25) is 0 Å². The van der Waals surface area contributed by atoms with Crippen LogP contribution >= 0.6 is 0 Å². The van der Waals surface area contributed by atoms with Crippen LogP contribution in [0.5, 0.6) is 0 Å². The first-order chi connectivity index (χ1) is 10.2. The van der Waals surface area contributed by atoms with E-state index in [1.165, 1.54) is 12.1 Å². The van der Waals surface area contributed by atoms with Crippen molar-refractivity contribution in [2.24, 2.45) is 5.16 Å². The number of benzene rings is 1. The Morgan fingerprint density at radius 3 is 2.90 bits per heavy atom. The maximum atomic E-state index is 12.9. The molecule has 0 spiro atoms. The smallest absolute Gasteiger partial charge is 0.264 e. The van der Waals surface area contributed by atoms with E-state index in [2.05, 4.69) is 10.5 Å². The van der Waals surface area contributed by atoms with Crippen molar-refractivity contribution in [3.05, 3.63) is 35.6 Å². The van der Waals surface area contributed by atoms with Gasteiger partial charge in [-0.3, -0.25) is 4.79 Å². The summed E-state index contributed by atoms with van der Waals surface area (Å²) in [5.41, 5.74) is 1.43. The molecule has 0 unspecified atom stereocenters. The van der Waals surface area contributed by atoms with E-state index in [1.54, 1.807) is 12.1 Å². The van der Waals surface area contributed by atoms with Crippen molar-refractivity contribution in [3.63, 3.8) is 0 Å². The highest BCUT2D eigenvalue weighted by molar-refractivity contribution is 6.04. The summed E-state index contributed by atoms with van der Waals surface area (Å²) in [5, 5.41) is 6.75. The Morgan fingerprint density at radius 2 is 2.19 bits per heavy atom. The first-order valence-corrected chi connectivity index (χ1v) is 7.10. The molecule has 1 saturated heterocycles. The number of ether oxygens (including phenoxy) is 1. The first kappa shape index (κ1) is 14.0. The van der Waals surface area contributed by atoms with Crippen LogP contribution in [0.15, 0.2) is 29.4 Å². The summed E-state index contributed by atoms with van der Waals surface area (Å²) in [5.74, 6) is -0.490. The van der Waals surface area contributed by atoms with Crippen molar-refractivity contribution < 1.29 is 18.8 Å². The minimum atomic E-state index is -0.619. The number of nitrogens with one attached hydrogen (secondary N) is 1. The predicted molar refractivity (Wildman–Crippen MR) is 74.4 cm³/mol. The highest BCUT2D eigenvalue weighted by atomic mass is 19.1. The third-order valence-electron chi connectivity index (χ3n) is 3.67. The molecule has 2 aliphatic rings. The van der Waals surface area contributed by atoms with Crippen LogP contribution in [-0.2, 0) is 14.4 Å². The van der Waals surface area contributed by atoms with Gasteiger partial charge < -0.3 is 14.9 Å². The van der Waals surface area contributed by atoms with Crippen LogP contribution in [0.25, 0.3) is 0 Å². The number of carbonyl (C=O) groups is 1. The third kappa shape index (κ3) is 3.39. The number of rotatable bonds is 4. The second kappa shape index (κ2) is 6.22. The fraction of sp³-hybridized carbons (Fsp3) is 0.467. The molecule has 1 N–H and O–H groups in total. The molecule has 0 aromatic heterocycles. The summed E-state index contributed by atoms with van der Waals surface area (Å²) in [7, 11) is 0. The molecule has 6 heteroatoms. The van der Waals surface area contributed by atoms with E-state index in [1.807, 2.05) is 0 Å². The largest absolute Gasteiger partial charge is 0.382 e. The fourth-order valence-corrected chi connectivity index (χ4v) is 2.46. The molecular weight excluding hydrogens is 275 g/mol. The number of hydrogen-bond acceptors (Lipinski definition) is 4. The SMILES string of the molecule is O=C(NC[C@@H]1CCCO1)[C@@H]1CC(c2ccc(F)cc2)=NO1. The van der Waals surface area contributed by atoms with Gasteiger partial charge in [-0.2, -0.15) is 0 Å². The second-order valence-corrected chi connectivity index (χ2v) is 5.22. The summed E-state index contributed by atoms with van der Waals surface area (Å²) >= 11 is 0. The lowest BCUT2D eigenvalue weighted by molar-refractivity contribution is -0.131. The number of carbonyl (C=O) groups excluding carboxylic acids is 1. The van der Waals surface area contributed by atoms with Crippen LogP contribution in [0.4, 0.5) is 4.39 Å². The zero-order chi connectivity index (χ0) is 14.7. The lowest BCUT2D eigenvalue weighted by Crippen LogP contribution is -2.39. The van der Waals surface area contributed by atoms with Crippen molar-refractivity contribution >= 4 is 11.6 Å². The van der Waals surface area contributed by atoms with E-state index in [9.17, 15) is 9.18 Å². The van der Waals surface area contributed by atoms with Gasteiger partial charge in [-0.15, -0.1) is 0 Å². The molecule has 0 aliphatic carbocycles. The summed E-state index contributed by atoms with van der Waals surface area (Å²) in [6.45, 7) is 1.27. The van der Waals surface area contributed by atoms with Gasteiger partial charge in [-0.25, -0.2) is 4.39 Å². The maximum absolute atomic E-state index is 12.9. The highest BCUT2D eigenvalue weighted by Gasteiger charge is 2.29. The van der Waals surface area contributed by atoms with E-state index in [0.29, 0.717) is 18.7 Å². The lowest BCUT2D eigenvalue weighted by atomic mass is 10.0. The molecule has 21 heavy (non-hydrogen) atoms. The summed E-state index contributed by atoms with van der Waals surface area (Å²) < 4.78 is 18.3. The van der Waals surface area contributed by atoms with Crippen LogP contribution in [0.3, 0.4) is 0 Å². The third-order valence-corrected chi connectivity index (χ3v) is 3.67. The fourth-order valence-electron chi connectivity index (χ4n) is 2.46.